The van der Waals surface area contributed by atoms with E-state index in [1.807, 2.05) is 0 Å². The van der Waals surface area contributed by atoms with Crippen LogP contribution in [-0.4, -0.2) is 19.4 Å². The molecule has 0 radical (unpaired) electrons. The van der Waals surface area contributed by atoms with Crippen molar-refractivity contribution in [2.75, 3.05) is 7.11 Å². The second-order valence-electron chi connectivity index (χ2n) is 12.8. The molecule has 0 heterocycles. The molecule has 0 aromatic rings. The molecule has 4 unspecified atom stereocenters. The lowest BCUT2D eigenvalue weighted by Gasteiger charge is -2.59. The summed E-state index contributed by atoms with van der Waals surface area (Å²) in [7, 11) is 1.40. The Balaban J connectivity index is 1.45. The monoisotopic (exact) mass is 444 g/mol. The van der Waals surface area contributed by atoms with E-state index in [2.05, 4.69) is 46.8 Å². The molecule has 0 spiro atoms. The minimum Gasteiger partial charge on any atom is -0.438 e. The molecule has 0 N–H and O–H groups in total. The van der Waals surface area contributed by atoms with Gasteiger partial charge in [0.1, 0.15) is 6.10 Å². The number of allylic oxidation sites excluding steroid dienone is 2. The van der Waals surface area contributed by atoms with E-state index in [0.717, 1.165) is 48.3 Å². The summed E-state index contributed by atoms with van der Waals surface area (Å²) >= 11 is 0. The molecule has 3 nitrogen and oxygen atoms in total. The van der Waals surface area contributed by atoms with Crippen molar-refractivity contribution in [2.45, 2.75) is 105 Å². The van der Waals surface area contributed by atoms with Crippen molar-refractivity contribution in [3.63, 3.8) is 0 Å². The standard InChI is InChI=1S/C29H48O3/c1-19(2)8-7-9-20(3)24-12-13-25-23-11-10-21-18-22(32-27(30)31-6)14-16-28(21,4)26(23)15-17-29(24,25)5/h10-11,19-26H,7-9,12-18H2,1-6H3/t20-,21?,22?,23-,24?,25?,26-,28-,29+/m1/s1. The molecule has 32 heavy (non-hydrogen) atoms. The van der Waals surface area contributed by atoms with Crippen LogP contribution in [0.3, 0.4) is 0 Å². The van der Waals surface area contributed by atoms with E-state index >= 15 is 0 Å². The highest BCUT2D eigenvalue weighted by atomic mass is 16.7. The predicted molar refractivity (Wildman–Crippen MR) is 130 cm³/mol. The zero-order valence-electron chi connectivity index (χ0n) is 21.6. The number of hydrogen-bond acceptors (Lipinski definition) is 3. The first kappa shape index (κ1) is 24.1. The molecular formula is C29H48O3. The van der Waals surface area contributed by atoms with Gasteiger partial charge in [0.05, 0.1) is 7.11 Å². The van der Waals surface area contributed by atoms with Crippen LogP contribution in [0.1, 0.15) is 98.8 Å². The molecule has 4 aliphatic carbocycles. The van der Waals surface area contributed by atoms with Crippen molar-refractivity contribution >= 4 is 6.16 Å². The largest absolute Gasteiger partial charge is 0.508 e. The van der Waals surface area contributed by atoms with Gasteiger partial charge >= 0.3 is 6.16 Å². The van der Waals surface area contributed by atoms with Crippen LogP contribution < -0.4 is 0 Å². The summed E-state index contributed by atoms with van der Waals surface area (Å²) in [6.07, 6.45) is 17.6. The van der Waals surface area contributed by atoms with Crippen molar-refractivity contribution in [3.05, 3.63) is 12.2 Å². The Labute approximate surface area is 197 Å². The maximum absolute atomic E-state index is 11.6. The third-order valence-corrected chi connectivity index (χ3v) is 10.7. The second-order valence-corrected chi connectivity index (χ2v) is 12.8. The van der Waals surface area contributed by atoms with E-state index in [1.165, 1.54) is 58.5 Å². The lowest BCUT2D eigenvalue weighted by atomic mass is 9.46. The van der Waals surface area contributed by atoms with Crippen LogP contribution in [-0.2, 0) is 9.47 Å². The fourth-order valence-corrected chi connectivity index (χ4v) is 8.90. The highest BCUT2D eigenvalue weighted by Crippen LogP contribution is 2.67. The van der Waals surface area contributed by atoms with E-state index in [4.69, 9.17) is 9.47 Å². The lowest BCUT2D eigenvalue weighted by Crippen LogP contribution is -2.52. The van der Waals surface area contributed by atoms with Crippen LogP contribution in [0.4, 0.5) is 4.79 Å². The molecule has 3 fully saturated rings. The number of ether oxygens (including phenoxy) is 2. The highest BCUT2D eigenvalue weighted by molar-refractivity contribution is 5.59. The van der Waals surface area contributed by atoms with E-state index < -0.39 is 6.16 Å². The van der Waals surface area contributed by atoms with Gasteiger partial charge in [0.25, 0.3) is 0 Å². The van der Waals surface area contributed by atoms with Crippen LogP contribution in [0.15, 0.2) is 12.2 Å². The molecule has 4 aliphatic rings. The quantitative estimate of drug-likeness (QED) is 0.307. The smallest absolute Gasteiger partial charge is 0.438 e. The van der Waals surface area contributed by atoms with Crippen LogP contribution >= 0.6 is 0 Å². The predicted octanol–water partition coefficient (Wildman–Crippen LogP) is 8.04. The van der Waals surface area contributed by atoms with E-state index in [-0.39, 0.29) is 6.10 Å². The van der Waals surface area contributed by atoms with Gasteiger partial charge in [0, 0.05) is 0 Å². The number of carbonyl (C=O) groups is 1. The van der Waals surface area contributed by atoms with Gasteiger partial charge in [0.2, 0.25) is 0 Å². The Morgan fingerprint density at radius 3 is 2.41 bits per heavy atom. The number of fused-ring (bicyclic) bond motifs is 5. The molecule has 182 valence electrons. The zero-order chi connectivity index (χ0) is 23.1. The summed E-state index contributed by atoms with van der Waals surface area (Å²) in [5.74, 6) is 5.54. The number of carbonyl (C=O) groups excluding carboxylic acids is 1. The first-order valence-corrected chi connectivity index (χ1v) is 13.6. The third-order valence-electron chi connectivity index (χ3n) is 10.7. The summed E-state index contributed by atoms with van der Waals surface area (Å²) in [6, 6.07) is 0. The van der Waals surface area contributed by atoms with Crippen LogP contribution in [0.25, 0.3) is 0 Å². The summed E-state index contributed by atoms with van der Waals surface area (Å²) in [6.45, 7) is 12.5. The fourth-order valence-electron chi connectivity index (χ4n) is 8.90. The number of hydrogen-bond donors (Lipinski definition) is 0. The van der Waals surface area contributed by atoms with Gasteiger partial charge in [-0.05, 0) is 97.2 Å². The molecule has 0 aromatic carbocycles. The van der Waals surface area contributed by atoms with Crippen molar-refractivity contribution < 1.29 is 14.3 Å². The van der Waals surface area contributed by atoms with Crippen LogP contribution in [0.2, 0.25) is 0 Å². The van der Waals surface area contributed by atoms with Crippen LogP contribution in [0, 0.1) is 52.3 Å². The van der Waals surface area contributed by atoms with Gasteiger partial charge in [-0.2, -0.15) is 0 Å². The first-order valence-electron chi connectivity index (χ1n) is 13.6. The molecule has 0 aromatic heterocycles. The molecule has 0 aliphatic heterocycles. The van der Waals surface area contributed by atoms with Gasteiger partial charge < -0.3 is 9.47 Å². The molecule has 3 saturated carbocycles. The van der Waals surface area contributed by atoms with E-state index in [9.17, 15) is 4.79 Å². The highest BCUT2D eigenvalue weighted by Gasteiger charge is 2.59. The van der Waals surface area contributed by atoms with E-state index in [0.29, 0.717) is 16.7 Å². The van der Waals surface area contributed by atoms with Crippen molar-refractivity contribution in [3.8, 4) is 0 Å². The van der Waals surface area contributed by atoms with Gasteiger partial charge in [-0.3, -0.25) is 0 Å². The number of rotatable bonds is 6. The zero-order valence-corrected chi connectivity index (χ0v) is 21.6. The Morgan fingerprint density at radius 1 is 0.969 bits per heavy atom. The SMILES string of the molecule is COC(=O)OC1CC[C@]2(C)C(C=C[C@@H]3C4CCC([C@H](C)CCCC(C)C)[C@]4(C)CC[C@H]32)C1. The molecule has 0 bridgehead atoms. The average Bonchev–Trinajstić information content (AvgIpc) is 3.11. The van der Waals surface area contributed by atoms with Crippen LogP contribution in [0.5, 0.6) is 0 Å². The van der Waals surface area contributed by atoms with Gasteiger partial charge in [-0.1, -0.05) is 66.0 Å². The molecule has 0 saturated heterocycles. The van der Waals surface area contributed by atoms with Crippen molar-refractivity contribution in [1.82, 2.24) is 0 Å². The Hall–Kier alpha value is -0.990. The van der Waals surface area contributed by atoms with Crippen molar-refractivity contribution in [1.29, 1.82) is 0 Å². The molecular weight excluding hydrogens is 396 g/mol. The Morgan fingerprint density at radius 2 is 1.69 bits per heavy atom. The summed E-state index contributed by atoms with van der Waals surface area (Å²) < 4.78 is 10.3. The fraction of sp³-hybridized carbons (Fsp3) is 0.897. The molecule has 4 rings (SSSR count). The summed E-state index contributed by atoms with van der Waals surface area (Å²) in [5.41, 5.74) is 0.884. The average molecular weight is 445 g/mol. The maximum atomic E-state index is 11.6. The summed E-state index contributed by atoms with van der Waals surface area (Å²) in [4.78, 5) is 11.6. The van der Waals surface area contributed by atoms with E-state index in [1.54, 1.807) is 0 Å². The summed E-state index contributed by atoms with van der Waals surface area (Å²) in [5, 5.41) is 0. The van der Waals surface area contributed by atoms with Gasteiger partial charge in [0.15, 0.2) is 0 Å². The molecule has 9 atom stereocenters. The second kappa shape index (κ2) is 9.34. The Kier molecular flexibility index (Phi) is 7.04. The Bertz CT molecular complexity index is 699. The first-order chi connectivity index (χ1) is 15.2. The van der Waals surface area contributed by atoms with Gasteiger partial charge in [-0.15, -0.1) is 0 Å². The minimum atomic E-state index is -0.524. The molecule has 0 amide bonds. The normalized spacial score (nSPS) is 43.8. The molecule has 3 heteroatoms. The third kappa shape index (κ3) is 4.27. The maximum Gasteiger partial charge on any atom is 0.508 e. The lowest BCUT2D eigenvalue weighted by molar-refractivity contribution is -0.0868. The minimum absolute atomic E-state index is 0.0122. The van der Waals surface area contributed by atoms with Crippen molar-refractivity contribution in [2.24, 2.45) is 52.3 Å². The van der Waals surface area contributed by atoms with Gasteiger partial charge in [-0.25, -0.2) is 4.79 Å². The topological polar surface area (TPSA) is 35.5 Å². The number of methoxy groups -OCH3 is 1.